The molecule has 4 aliphatic heterocycles. The smallest absolute Gasteiger partial charge is 0.206 e. The second kappa shape index (κ2) is 3.99. The van der Waals surface area contributed by atoms with Gasteiger partial charge in [0.2, 0.25) is 9.84 Å². The molecular formula is C14H12O4S. The van der Waals surface area contributed by atoms with E-state index in [1.807, 2.05) is 0 Å². The summed E-state index contributed by atoms with van der Waals surface area (Å²) in [6, 6.07) is 9.41. The number of aryl methyl sites for hydroxylation is 2. The lowest BCUT2D eigenvalue weighted by Gasteiger charge is -2.08. The molecule has 4 heterocycles. The van der Waals surface area contributed by atoms with Crippen LogP contribution in [0.25, 0.3) is 0 Å². The highest BCUT2D eigenvalue weighted by molar-refractivity contribution is 7.91. The molecule has 4 bridgehead atoms. The molecule has 2 aromatic rings. The van der Waals surface area contributed by atoms with Crippen LogP contribution in [0.15, 0.2) is 46.2 Å². The van der Waals surface area contributed by atoms with Gasteiger partial charge in [-0.15, -0.1) is 0 Å². The quantitative estimate of drug-likeness (QED) is 0.694. The molecule has 0 aromatic heterocycles. The van der Waals surface area contributed by atoms with Gasteiger partial charge in [0, 0.05) is 0 Å². The van der Waals surface area contributed by atoms with Crippen LogP contribution in [0.3, 0.4) is 0 Å². The molecule has 0 spiro atoms. The average molecular weight is 276 g/mol. The molecule has 0 N–H and O–H groups in total. The molecule has 0 radical (unpaired) electrons. The maximum absolute atomic E-state index is 12.5. The van der Waals surface area contributed by atoms with Gasteiger partial charge in [-0.3, -0.25) is 9.78 Å². The van der Waals surface area contributed by atoms with Gasteiger partial charge in [-0.25, -0.2) is 8.42 Å². The summed E-state index contributed by atoms with van der Waals surface area (Å²) in [5.74, 6) is 1.01. The van der Waals surface area contributed by atoms with Crippen LogP contribution in [0.2, 0.25) is 0 Å². The number of hydrogen-bond donors (Lipinski definition) is 0. The van der Waals surface area contributed by atoms with Crippen molar-refractivity contribution in [2.24, 2.45) is 0 Å². The van der Waals surface area contributed by atoms with Crippen molar-refractivity contribution in [3.63, 3.8) is 0 Å². The number of hydrogen-bond acceptors (Lipinski definition) is 4. The van der Waals surface area contributed by atoms with Crippen molar-refractivity contribution in [1.29, 1.82) is 0 Å². The van der Waals surface area contributed by atoms with Crippen LogP contribution in [0, 0.1) is 13.8 Å². The van der Waals surface area contributed by atoms with E-state index in [1.165, 1.54) is 12.1 Å². The summed E-state index contributed by atoms with van der Waals surface area (Å²) < 4.78 is 25.0. The third-order valence-electron chi connectivity index (χ3n) is 3.13. The predicted octanol–water partition coefficient (Wildman–Crippen LogP) is 2.82. The monoisotopic (exact) mass is 276 g/mol. The van der Waals surface area contributed by atoms with E-state index < -0.39 is 9.84 Å². The summed E-state index contributed by atoms with van der Waals surface area (Å²) >= 11 is 0. The molecule has 0 unspecified atom stereocenters. The largest absolute Gasteiger partial charge is 0.290 e. The van der Waals surface area contributed by atoms with Gasteiger partial charge >= 0.3 is 0 Å². The van der Waals surface area contributed by atoms with Crippen molar-refractivity contribution in [3.05, 3.63) is 47.5 Å². The standard InChI is InChI=1S/C14H12O4S/c1-9-7-11-3-5-13(9)17-18-14-6-4-12(8-10(14)2)19(11,15)16/h3-8H,1-2H3. The first-order valence-corrected chi connectivity index (χ1v) is 7.28. The molecule has 0 fully saturated rings. The molecule has 2 aromatic carbocycles. The average Bonchev–Trinajstić information content (AvgIpc) is 2.41. The van der Waals surface area contributed by atoms with Gasteiger partial charge in [0.05, 0.1) is 9.79 Å². The summed E-state index contributed by atoms with van der Waals surface area (Å²) in [5, 5.41) is 0. The Morgan fingerprint density at radius 1 is 0.789 bits per heavy atom. The van der Waals surface area contributed by atoms with E-state index in [2.05, 4.69) is 0 Å². The fourth-order valence-corrected chi connectivity index (χ4v) is 3.42. The number of rotatable bonds is 0. The fraction of sp³-hybridized carbons (Fsp3) is 0.143. The molecule has 98 valence electrons. The minimum atomic E-state index is -3.50. The van der Waals surface area contributed by atoms with Crippen molar-refractivity contribution < 1.29 is 18.2 Å². The summed E-state index contributed by atoms with van der Waals surface area (Å²) in [4.78, 5) is 11.0. The van der Waals surface area contributed by atoms with Gasteiger partial charge in [-0.2, -0.15) is 0 Å². The van der Waals surface area contributed by atoms with Gasteiger partial charge in [-0.1, -0.05) is 0 Å². The molecule has 6 rings (SSSR count). The van der Waals surface area contributed by atoms with Crippen molar-refractivity contribution in [1.82, 2.24) is 0 Å². The number of sulfone groups is 1. The van der Waals surface area contributed by atoms with Crippen LogP contribution >= 0.6 is 0 Å². The SMILES string of the molecule is Cc1cc2ccc1OOc1ccc(cc1C)S2(=O)=O. The zero-order chi connectivity index (χ0) is 13.6. The highest BCUT2D eigenvalue weighted by Crippen LogP contribution is 2.31. The van der Waals surface area contributed by atoms with Crippen molar-refractivity contribution in [2.75, 3.05) is 0 Å². The van der Waals surface area contributed by atoms with Crippen LogP contribution in [0.4, 0.5) is 0 Å². The van der Waals surface area contributed by atoms with E-state index in [0.717, 1.165) is 0 Å². The Morgan fingerprint density at radius 3 is 1.58 bits per heavy atom. The summed E-state index contributed by atoms with van der Waals surface area (Å²) in [6.45, 7) is 3.56. The van der Waals surface area contributed by atoms with Gasteiger partial charge in [0.25, 0.3) is 0 Å². The second-order valence-corrected chi connectivity index (χ2v) is 6.47. The molecule has 0 amide bonds. The first kappa shape index (κ1) is 12.0. The summed E-state index contributed by atoms with van der Waals surface area (Å²) in [5.41, 5.74) is 1.42. The second-order valence-electron chi connectivity index (χ2n) is 4.52. The third-order valence-corrected chi connectivity index (χ3v) is 4.88. The molecule has 0 aliphatic carbocycles. The Bertz CT molecular complexity index is 704. The Balaban J connectivity index is 2.35. The first-order chi connectivity index (χ1) is 8.98. The normalized spacial score (nSPS) is 15.5. The molecule has 0 saturated carbocycles. The topological polar surface area (TPSA) is 52.6 Å². The first-order valence-electron chi connectivity index (χ1n) is 5.79. The van der Waals surface area contributed by atoms with Crippen molar-refractivity contribution in [2.45, 2.75) is 23.6 Å². The Hall–Kier alpha value is -2.01. The molecule has 0 saturated heterocycles. The minimum absolute atomic E-state index is 0.256. The molecule has 0 atom stereocenters. The zero-order valence-corrected chi connectivity index (χ0v) is 11.3. The van der Waals surface area contributed by atoms with E-state index in [4.69, 9.17) is 9.78 Å². The lowest BCUT2D eigenvalue weighted by atomic mass is 10.2. The third kappa shape index (κ3) is 1.86. The molecule has 4 nitrogen and oxygen atoms in total. The highest BCUT2D eigenvalue weighted by atomic mass is 32.2. The minimum Gasteiger partial charge on any atom is -0.290 e. The van der Waals surface area contributed by atoms with Gasteiger partial charge in [-0.05, 0) is 61.4 Å². The summed E-state index contributed by atoms with van der Waals surface area (Å²) in [6.07, 6.45) is 0. The van der Waals surface area contributed by atoms with Crippen LogP contribution in [0.1, 0.15) is 11.1 Å². The lowest BCUT2D eigenvalue weighted by molar-refractivity contribution is -0.101. The molecule has 5 heteroatoms. The van der Waals surface area contributed by atoms with Crippen LogP contribution in [-0.2, 0) is 9.84 Å². The van der Waals surface area contributed by atoms with Crippen LogP contribution in [-0.4, -0.2) is 8.42 Å². The van der Waals surface area contributed by atoms with Gasteiger partial charge in [0.15, 0.2) is 11.5 Å². The van der Waals surface area contributed by atoms with Gasteiger partial charge < -0.3 is 0 Å². The molecule has 4 aliphatic rings. The van der Waals surface area contributed by atoms with Crippen molar-refractivity contribution >= 4 is 9.84 Å². The van der Waals surface area contributed by atoms with E-state index in [1.54, 1.807) is 38.1 Å². The van der Waals surface area contributed by atoms with E-state index >= 15 is 0 Å². The van der Waals surface area contributed by atoms with E-state index in [-0.39, 0.29) is 9.79 Å². The van der Waals surface area contributed by atoms with E-state index in [9.17, 15) is 8.42 Å². The maximum Gasteiger partial charge on any atom is 0.206 e. The fourth-order valence-electron chi connectivity index (χ4n) is 1.99. The highest BCUT2D eigenvalue weighted by Gasteiger charge is 2.21. The van der Waals surface area contributed by atoms with Crippen molar-refractivity contribution in [3.8, 4) is 11.5 Å². The van der Waals surface area contributed by atoms with Crippen LogP contribution in [0.5, 0.6) is 11.5 Å². The Morgan fingerprint density at radius 2 is 1.21 bits per heavy atom. The van der Waals surface area contributed by atoms with Crippen LogP contribution < -0.4 is 9.78 Å². The summed E-state index contributed by atoms with van der Waals surface area (Å²) in [7, 11) is -3.50. The maximum atomic E-state index is 12.5. The predicted molar refractivity (Wildman–Crippen MR) is 69.1 cm³/mol. The Kier molecular flexibility index (Phi) is 2.53. The zero-order valence-electron chi connectivity index (χ0n) is 10.5. The lowest BCUT2D eigenvalue weighted by Crippen LogP contribution is -2.02. The molecular weight excluding hydrogens is 264 g/mol. The molecule has 19 heavy (non-hydrogen) atoms. The van der Waals surface area contributed by atoms with E-state index in [0.29, 0.717) is 22.6 Å². The Labute approximate surface area is 111 Å². The number of benzene rings is 2. The van der Waals surface area contributed by atoms with Gasteiger partial charge in [0.1, 0.15) is 0 Å².